The Morgan fingerprint density at radius 2 is 1.70 bits per heavy atom. The molecule has 3 aliphatic heterocycles. The summed E-state index contributed by atoms with van der Waals surface area (Å²) in [6.45, 7) is 5.99. The lowest BCUT2D eigenvalue weighted by molar-refractivity contribution is -0.946. The summed E-state index contributed by atoms with van der Waals surface area (Å²) >= 11 is 0. The van der Waals surface area contributed by atoms with Crippen LogP contribution in [0, 0.1) is 12.8 Å². The first-order chi connectivity index (χ1) is 17.9. The van der Waals surface area contributed by atoms with E-state index in [0.29, 0.717) is 35.0 Å². The van der Waals surface area contributed by atoms with E-state index in [-0.39, 0.29) is 12.0 Å². The van der Waals surface area contributed by atoms with Crippen LogP contribution >= 0.6 is 0 Å². The fraction of sp³-hybridized carbons (Fsp3) is 0.414. The largest absolute Gasteiger partial charge is 0.453 e. The second kappa shape index (κ2) is 10.5. The number of carbonyl (C=O) groups is 2. The van der Waals surface area contributed by atoms with E-state index in [1.165, 1.54) is 0 Å². The Kier molecular flexibility index (Phi) is 7.13. The van der Waals surface area contributed by atoms with Crippen LogP contribution < -0.4 is 5.32 Å². The zero-order valence-electron chi connectivity index (χ0n) is 21.1. The maximum Gasteiger partial charge on any atom is 0.348 e. The number of benzene rings is 2. The molecule has 37 heavy (non-hydrogen) atoms. The summed E-state index contributed by atoms with van der Waals surface area (Å²) in [7, 11) is 0. The average molecular weight is 505 g/mol. The van der Waals surface area contributed by atoms with E-state index in [4.69, 9.17) is 9.26 Å². The molecule has 0 spiro atoms. The van der Waals surface area contributed by atoms with Crippen LogP contribution in [0.4, 0.5) is 0 Å². The number of aliphatic hydroxyl groups is 1. The molecule has 4 heterocycles. The van der Waals surface area contributed by atoms with Crippen molar-refractivity contribution in [1.29, 1.82) is 0 Å². The van der Waals surface area contributed by atoms with Crippen molar-refractivity contribution in [1.82, 2.24) is 10.5 Å². The first-order valence-electron chi connectivity index (χ1n) is 13.0. The second-order valence-corrected chi connectivity index (χ2v) is 10.4. The molecule has 8 nitrogen and oxygen atoms in total. The van der Waals surface area contributed by atoms with Crippen molar-refractivity contribution in [2.75, 3.05) is 32.7 Å². The Labute approximate surface area is 216 Å². The normalized spacial score (nSPS) is 23.0. The van der Waals surface area contributed by atoms with E-state index in [9.17, 15) is 14.7 Å². The molecule has 3 saturated heterocycles. The Hall–Kier alpha value is -3.49. The van der Waals surface area contributed by atoms with Crippen LogP contribution in [-0.2, 0) is 15.1 Å². The van der Waals surface area contributed by atoms with Crippen LogP contribution in [-0.4, -0.2) is 65.5 Å². The summed E-state index contributed by atoms with van der Waals surface area (Å²) in [6, 6.07) is 19.6. The number of ether oxygens (including phenoxy) is 1. The third-order valence-corrected chi connectivity index (χ3v) is 7.93. The zero-order chi connectivity index (χ0) is 25.9. The van der Waals surface area contributed by atoms with Crippen LogP contribution in [0.1, 0.15) is 46.6 Å². The molecule has 1 atom stereocenters. The molecule has 0 radical (unpaired) electrons. The van der Waals surface area contributed by atoms with Gasteiger partial charge in [0.2, 0.25) is 5.60 Å². The topological polar surface area (TPSA) is 102 Å². The molecular formula is C29H34N3O5+. The number of carbonyl (C=O) groups excluding carboxylic acids is 2. The van der Waals surface area contributed by atoms with Gasteiger partial charge >= 0.3 is 5.97 Å². The highest BCUT2D eigenvalue weighted by molar-refractivity contribution is 5.92. The number of nitrogens with zero attached hydrogens (tertiary/aromatic N) is 2. The van der Waals surface area contributed by atoms with Crippen LogP contribution in [0.25, 0.3) is 0 Å². The van der Waals surface area contributed by atoms with Gasteiger partial charge in [0.1, 0.15) is 12.3 Å². The molecule has 2 bridgehead atoms. The number of piperidine rings is 3. The highest BCUT2D eigenvalue weighted by Gasteiger charge is 2.50. The first kappa shape index (κ1) is 25.2. The third kappa shape index (κ3) is 5.17. The summed E-state index contributed by atoms with van der Waals surface area (Å²) in [6.07, 6.45) is 2.53. The predicted molar refractivity (Wildman–Crippen MR) is 136 cm³/mol. The molecule has 3 aliphatic rings. The van der Waals surface area contributed by atoms with Crippen molar-refractivity contribution in [3.63, 3.8) is 0 Å². The number of nitrogens with one attached hydrogen (secondary N) is 1. The molecule has 194 valence electrons. The van der Waals surface area contributed by atoms with E-state index in [2.05, 4.69) is 10.5 Å². The summed E-state index contributed by atoms with van der Waals surface area (Å²) < 4.78 is 12.0. The average Bonchev–Trinajstić information content (AvgIpc) is 3.38. The smallest absolute Gasteiger partial charge is 0.348 e. The molecule has 0 saturated carbocycles. The van der Waals surface area contributed by atoms with Gasteiger partial charge in [-0.05, 0) is 18.1 Å². The van der Waals surface area contributed by atoms with Gasteiger partial charge < -0.3 is 24.2 Å². The molecule has 1 amide bonds. The highest BCUT2D eigenvalue weighted by atomic mass is 16.6. The lowest BCUT2D eigenvalue weighted by atomic mass is 9.82. The fourth-order valence-corrected chi connectivity index (χ4v) is 5.83. The summed E-state index contributed by atoms with van der Waals surface area (Å²) in [4.78, 5) is 25.9. The predicted octanol–water partition coefficient (Wildman–Crippen LogP) is 3.19. The lowest BCUT2D eigenvalue weighted by Crippen LogP contribution is -2.65. The van der Waals surface area contributed by atoms with Gasteiger partial charge in [-0.15, -0.1) is 0 Å². The number of aromatic nitrogens is 1. The monoisotopic (exact) mass is 504 g/mol. The number of quaternary nitrogens is 1. The van der Waals surface area contributed by atoms with Gasteiger partial charge in [0.05, 0.1) is 19.6 Å². The molecule has 2 aromatic carbocycles. The van der Waals surface area contributed by atoms with Gasteiger partial charge in [0, 0.05) is 37.8 Å². The molecule has 1 unspecified atom stereocenters. The van der Waals surface area contributed by atoms with Crippen LogP contribution in [0.2, 0.25) is 0 Å². The van der Waals surface area contributed by atoms with Crippen molar-refractivity contribution in [2.45, 2.75) is 37.9 Å². The molecule has 1 aromatic heterocycles. The van der Waals surface area contributed by atoms with Crippen molar-refractivity contribution < 1.29 is 28.4 Å². The number of rotatable bonds is 9. The zero-order valence-corrected chi connectivity index (χ0v) is 21.1. The molecule has 3 aromatic rings. The van der Waals surface area contributed by atoms with Crippen LogP contribution in [0.3, 0.4) is 0 Å². The number of hydrogen-bond donors (Lipinski definition) is 2. The molecule has 0 aliphatic carbocycles. The quantitative estimate of drug-likeness (QED) is 0.264. The van der Waals surface area contributed by atoms with Gasteiger partial charge in [-0.3, -0.25) is 4.79 Å². The summed E-state index contributed by atoms with van der Waals surface area (Å²) in [5, 5.41) is 18.5. The summed E-state index contributed by atoms with van der Waals surface area (Å²) in [5.74, 6) is 0.0422. The molecule has 3 fully saturated rings. The van der Waals surface area contributed by atoms with Crippen molar-refractivity contribution >= 4 is 11.9 Å². The maximum absolute atomic E-state index is 13.6. The van der Waals surface area contributed by atoms with Crippen molar-refractivity contribution in [3.8, 4) is 0 Å². The number of amides is 1. The van der Waals surface area contributed by atoms with E-state index >= 15 is 0 Å². The number of esters is 1. The van der Waals surface area contributed by atoms with E-state index in [1.807, 2.05) is 36.4 Å². The van der Waals surface area contributed by atoms with Crippen LogP contribution in [0.5, 0.6) is 0 Å². The first-order valence-corrected chi connectivity index (χ1v) is 13.0. The number of fused-ring (bicyclic) bond motifs is 3. The van der Waals surface area contributed by atoms with Crippen molar-refractivity contribution in [3.05, 3.63) is 89.3 Å². The second-order valence-electron chi connectivity index (χ2n) is 10.4. The minimum atomic E-state index is -1.87. The Bertz CT molecular complexity index is 1180. The minimum Gasteiger partial charge on any atom is -0.453 e. The lowest BCUT2D eigenvalue weighted by Gasteiger charge is -2.52. The minimum absolute atomic E-state index is 0.234. The maximum atomic E-state index is 13.6. The standard InChI is InChI=1S/C29H33N3O5/c1-21-19-25(31-37-21)27(33)30-15-8-16-32-17-13-22(14-18-32)26(20-32)36-28(34)29(35,23-9-4-2-5-10-23)24-11-6-3-7-12-24/h2-7,9-12,19,22,26,35H,8,13-18,20H2,1H3/p+1. The fourth-order valence-electron chi connectivity index (χ4n) is 5.83. The molecular weight excluding hydrogens is 470 g/mol. The highest BCUT2D eigenvalue weighted by Crippen LogP contribution is 2.38. The van der Waals surface area contributed by atoms with Gasteiger partial charge in [-0.1, -0.05) is 65.8 Å². The summed E-state index contributed by atoms with van der Waals surface area (Å²) in [5.41, 5.74) is -0.591. The Morgan fingerprint density at radius 3 is 2.27 bits per heavy atom. The van der Waals surface area contributed by atoms with Gasteiger partial charge in [-0.2, -0.15) is 0 Å². The number of aryl methyl sites for hydroxylation is 1. The van der Waals surface area contributed by atoms with Crippen molar-refractivity contribution in [2.24, 2.45) is 5.92 Å². The van der Waals surface area contributed by atoms with Gasteiger partial charge in [0.25, 0.3) is 5.91 Å². The van der Waals surface area contributed by atoms with E-state index in [0.717, 1.165) is 49.9 Å². The third-order valence-electron chi connectivity index (χ3n) is 7.93. The molecule has 2 N–H and O–H groups in total. The SMILES string of the molecule is Cc1cc(C(=O)NCCC[N+]23CCC(CC2)C(OC(=O)C(O)(c2ccccc2)c2ccccc2)C3)no1. The van der Waals surface area contributed by atoms with Crippen LogP contribution in [0.15, 0.2) is 71.3 Å². The van der Waals surface area contributed by atoms with Gasteiger partial charge in [-0.25, -0.2) is 4.79 Å². The Morgan fingerprint density at radius 1 is 1.08 bits per heavy atom. The Balaban J connectivity index is 1.24. The van der Waals surface area contributed by atoms with E-state index < -0.39 is 11.6 Å². The number of hydrogen-bond acceptors (Lipinski definition) is 6. The molecule has 6 rings (SSSR count). The van der Waals surface area contributed by atoms with E-state index in [1.54, 1.807) is 37.3 Å². The van der Waals surface area contributed by atoms with Gasteiger partial charge in [0.15, 0.2) is 11.8 Å². The molecule has 8 heteroatoms.